The van der Waals surface area contributed by atoms with Gasteiger partial charge in [-0.15, -0.1) is 0 Å². The van der Waals surface area contributed by atoms with Gasteiger partial charge in [-0.05, 0) is 12.3 Å². The first-order valence-electron chi connectivity index (χ1n) is 4.62. The lowest BCUT2D eigenvalue weighted by Crippen LogP contribution is -2.51. The molecule has 0 amide bonds. The topological polar surface area (TPSA) is 23.5 Å². The number of β-amino-alcohol motifs (C(OH)–C–C–N with tert-alkyl or cyclic N) is 1. The molecule has 2 nitrogen and oxygen atoms in total. The van der Waals surface area contributed by atoms with Crippen molar-refractivity contribution in [1.29, 1.82) is 0 Å². The van der Waals surface area contributed by atoms with Crippen LogP contribution in [0.25, 0.3) is 0 Å². The van der Waals surface area contributed by atoms with Gasteiger partial charge < -0.3 is 5.11 Å². The first kappa shape index (κ1) is 9.01. The van der Waals surface area contributed by atoms with E-state index in [2.05, 4.69) is 18.7 Å². The third kappa shape index (κ3) is 2.80. The second-order valence-electron chi connectivity index (χ2n) is 3.77. The van der Waals surface area contributed by atoms with E-state index in [0.717, 1.165) is 19.0 Å². The summed E-state index contributed by atoms with van der Waals surface area (Å²) in [6, 6.07) is 0. The summed E-state index contributed by atoms with van der Waals surface area (Å²) in [5.41, 5.74) is 0. The van der Waals surface area contributed by atoms with E-state index in [1.807, 2.05) is 0 Å². The smallest absolute Gasteiger partial charge is 0.0793 e. The Morgan fingerprint density at radius 2 is 2.18 bits per heavy atom. The summed E-state index contributed by atoms with van der Waals surface area (Å²) >= 11 is 0. The molecule has 0 aliphatic carbocycles. The molecule has 1 atom stereocenters. The van der Waals surface area contributed by atoms with Crippen molar-refractivity contribution in [1.82, 2.24) is 4.90 Å². The Bertz CT molecular complexity index is 107. The molecule has 0 bridgehead atoms. The molecule has 1 aliphatic rings. The molecule has 0 aromatic rings. The Kier molecular flexibility index (Phi) is 3.34. The van der Waals surface area contributed by atoms with E-state index in [1.165, 1.54) is 19.4 Å². The van der Waals surface area contributed by atoms with Crippen LogP contribution in [0.15, 0.2) is 0 Å². The highest BCUT2D eigenvalue weighted by atomic mass is 16.3. The van der Waals surface area contributed by atoms with Gasteiger partial charge in [0.15, 0.2) is 0 Å². The van der Waals surface area contributed by atoms with Crippen LogP contribution in [0.5, 0.6) is 0 Å². The van der Waals surface area contributed by atoms with E-state index >= 15 is 0 Å². The molecule has 1 heterocycles. The van der Waals surface area contributed by atoms with Crippen molar-refractivity contribution in [2.45, 2.75) is 32.8 Å². The molecule has 1 aliphatic heterocycles. The summed E-state index contributed by atoms with van der Waals surface area (Å²) in [6.07, 6.45) is 2.55. The number of aliphatic hydroxyl groups excluding tert-OH is 1. The van der Waals surface area contributed by atoms with Crippen LogP contribution in [-0.2, 0) is 0 Å². The van der Waals surface area contributed by atoms with Crippen molar-refractivity contribution in [2.75, 3.05) is 19.6 Å². The molecule has 1 fully saturated rings. The molecular formula is C9H19NO. The van der Waals surface area contributed by atoms with Crippen molar-refractivity contribution in [3.8, 4) is 0 Å². The van der Waals surface area contributed by atoms with E-state index in [1.54, 1.807) is 0 Å². The van der Waals surface area contributed by atoms with E-state index in [9.17, 15) is 0 Å². The second kappa shape index (κ2) is 4.07. The Morgan fingerprint density at radius 1 is 1.55 bits per heavy atom. The maximum Gasteiger partial charge on any atom is 0.0793 e. The summed E-state index contributed by atoms with van der Waals surface area (Å²) in [5, 5.41) is 9.02. The van der Waals surface area contributed by atoms with E-state index in [0.29, 0.717) is 0 Å². The summed E-state index contributed by atoms with van der Waals surface area (Å²) < 4.78 is 0. The highest BCUT2D eigenvalue weighted by Gasteiger charge is 2.24. The Labute approximate surface area is 69.2 Å². The number of rotatable bonds is 4. The van der Waals surface area contributed by atoms with Crippen LogP contribution in [0.2, 0.25) is 0 Å². The zero-order valence-electron chi connectivity index (χ0n) is 7.58. The fourth-order valence-electron chi connectivity index (χ4n) is 1.72. The first-order chi connectivity index (χ1) is 5.22. The zero-order valence-corrected chi connectivity index (χ0v) is 7.58. The van der Waals surface area contributed by atoms with Gasteiger partial charge in [0.1, 0.15) is 0 Å². The third-order valence-electron chi connectivity index (χ3n) is 2.29. The van der Waals surface area contributed by atoms with E-state index in [4.69, 9.17) is 5.11 Å². The summed E-state index contributed by atoms with van der Waals surface area (Å²) in [4.78, 5) is 2.32. The maximum atomic E-state index is 9.02. The van der Waals surface area contributed by atoms with E-state index < -0.39 is 0 Å². The van der Waals surface area contributed by atoms with Gasteiger partial charge in [-0.25, -0.2) is 0 Å². The monoisotopic (exact) mass is 157 g/mol. The second-order valence-corrected chi connectivity index (χ2v) is 3.77. The molecule has 1 unspecified atom stereocenters. The fraction of sp³-hybridized carbons (Fsp3) is 1.00. The summed E-state index contributed by atoms with van der Waals surface area (Å²) in [5.74, 6) is 0.799. The minimum atomic E-state index is -0.0381. The molecule has 1 rings (SSSR count). The minimum Gasteiger partial charge on any atom is -0.390 e. The molecule has 2 heteroatoms. The lowest BCUT2D eigenvalue weighted by Gasteiger charge is -2.37. The van der Waals surface area contributed by atoms with Crippen LogP contribution < -0.4 is 0 Å². The van der Waals surface area contributed by atoms with Gasteiger partial charge in [0.25, 0.3) is 0 Å². The molecule has 0 aromatic carbocycles. The maximum absolute atomic E-state index is 9.02. The molecule has 1 saturated heterocycles. The molecule has 0 aromatic heterocycles. The average molecular weight is 157 g/mol. The predicted octanol–water partition coefficient (Wildman–Crippen LogP) is 1.10. The Hall–Kier alpha value is -0.0800. The standard InChI is InChI=1S/C9H19NO/c1-3-4-8(2)5-10-6-9(11)7-10/h8-9,11H,3-7H2,1-2H3. The molecule has 0 radical (unpaired) electrons. The molecular weight excluding hydrogens is 138 g/mol. The first-order valence-corrected chi connectivity index (χ1v) is 4.62. The quantitative estimate of drug-likeness (QED) is 0.660. The number of hydrogen-bond donors (Lipinski definition) is 1. The molecule has 1 N–H and O–H groups in total. The van der Waals surface area contributed by atoms with Crippen LogP contribution in [0.1, 0.15) is 26.7 Å². The highest BCUT2D eigenvalue weighted by Crippen LogP contribution is 2.13. The SMILES string of the molecule is CCCC(C)CN1CC(O)C1. The summed E-state index contributed by atoms with van der Waals surface area (Å²) in [7, 11) is 0. The number of aliphatic hydroxyl groups is 1. The van der Waals surface area contributed by atoms with Gasteiger partial charge >= 0.3 is 0 Å². The Balaban J connectivity index is 2.02. The molecule has 0 spiro atoms. The lowest BCUT2D eigenvalue weighted by molar-refractivity contribution is -0.00577. The normalized spacial score (nSPS) is 23.2. The van der Waals surface area contributed by atoms with Crippen LogP contribution in [0.3, 0.4) is 0 Å². The van der Waals surface area contributed by atoms with Gasteiger partial charge in [0, 0.05) is 19.6 Å². The molecule has 11 heavy (non-hydrogen) atoms. The molecule has 0 saturated carbocycles. The fourth-order valence-corrected chi connectivity index (χ4v) is 1.72. The van der Waals surface area contributed by atoms with Gasteiger partial charge in [-0.3, -0.25) is 4.90 Å². The van der Waals surface area contributed by atoms with Crippen LogP contribution >= 0.6 is 0 Å². The van der Waals surface area contributed by atoms with Crippen molar-refractivity contribution >= 4 is 0 Å². The minimum absolute atomic E-state index is 0.0381. The lowest BCUT2D eigenvalue weighted by atomic mass is 10.0. The van der Waals surface area contributed by atoms with Crippen molar-refractivity contribution in [2.24, 2.45) is 5.92 Å². The average Bonchev–Trinajstić information content (AvgIpc) is 1.85. The van der Waals surface area contributed by atoms with Crippen molar-refractivity contribution in [3.05, 3.63) is 0 Å². The highest BCUT2D eigenvalue weighted by molar-refractivity contribution is 4.79. The van der Waals surface area contributed by atoms with Crippen molar-refractivity contribution in [3.63, 3.8) is 0 Å². The van der Waals surface area contributed by atoms with Crippen LogP contribution in [0.4, 0.5) is 0 Å². The van der Waals surface area contributed by atoms with Gasteiger partial charge in [0.2, 0.25) is 0 Å². The summed E-state index contributed by atoms with van der Waals surface area (Å²) in [6.45, 7) is 7.47. The van der Waals surface area contributed by atoms with E-state index in [-0.39, 0.29) is 6.10 Å². The van der Waals surface area contributed by atoms with Crippen LogP contribution in [-0.4, -0.2) is 35.7 Å². The van der Waals surface area contributed by atoms with Gasteiger partial charge in [-0.2, -0.15) is 0 Å². The zero-order chi connectivity index (χ0) is 8.27. The Morgan fingerprint density at radius 3 is 2.64 bits per heavy atom. The van der Waals surface area contributed by atoms with Crippen LogP contribution in [0, 0.1) is 5.92 Å². The van der Waals surface area contributed by atoms with Gasteiger partial charge in [0.05, 0.1) is 6.10 Å². The predicted molar refractivity (Wildman–Crippen MR) is 46.5 cm³/mol. The number of likely N-dealkylation sites (tertiary alicyclic amines) is 1. The largest absolute Gasteiger partial charge is 0.390 e. The molecule has 66 valence electrons. The number of hydrogen-bond acceptors (Lipinski definition) is 2. The van der Waals surface area contributed by atoms with Gasteiger partial charge in [-0.1, -0.05) is 20.3 Å². The van der Waals surface area contributed by atoms with Crippen molar-refractivity contribution < 1.29 is 5.11 Å². The number of nitrogens with zero attached hydrogens (tertiary/aromatic N) is 1. The third-order valence-corrected chi connectivity index (χ3v) is 2.29.